The minimum absolute atomic E-state index is 0.0812. The zero-order valence-corrected chi connectivity index (χ0v) is 28.9. The van der Waals surface area contributed by atoms with Crippen molar-refractivity contribution in [1.82, 2.24) is 15.3 Å². The zero-order chi connectivity index (χ0) is 34.7. The predicted octanol–water partition coefficient (Wildman–Crippen LogP) is 6.59. The van der Waals surface area contributed by atoms with Crippen LogP contribution in [0.2, 0.25) is 0 Å². The smallest absolute Gasteiger partial charge is 0.257 e. The number of carbonyl (C=O) groups is 3. The highest BCUT2D eigenvalue weighted by Crippen LogP contribution is 2.32. The third-order valence-corrected chi connectivity index (χ3v) is 9.64. The lowest BCUT2D eigenvalue weighted by atomic mass is 9.82. The molecule has 10 heteroatoms. The van der Waals surface area contributed by atoms with Crippen molar-refractivity contribution in [2.75, 3.05) is 29.3 Å². The van der Waals surface area contributed by atoms with E-state index in [4.69, 9.17) is 9.97 Å². The van der Waals surface area contributed by atoms with Gasteiger partial charge in [-0.1, -0.05) is 68.4 Å². The van der Waals surface area contributed by atoms with Gasteiger partial charge in [0.05, 0.1) is 23.0 Å². The van der Waals surface area contributed by atoms with E-state index in [9.17, 15) is 14.4 Å². The fraction of sp³-hybridized carbons (Fsp3) is 0.385. The molecule has 254 valence electrons. The molecule has 2 amide bonds. The molecular weight excluding hydrogens is 614 g/mol. The first kappa shape index (κ1) is 33.8. The van der Waals surface area contributed by atoms with Crippen LogP contribution in [0.4, 0.5) is 17.5 Å². The van der Waals surface area contributed by atoms with Crippen molar-refractivity contribution >= 4 is 51.7 Å². The summed E-state index contributed by atoms with van der Waals surface area (Å²) < 4.78 is 0. The van der Waals surface area contributed by atoms with Crippen LogP contribution in [-0.2, 0) is 9.59 Å². The largest absolute Gasteiger partial charge is 0.362 e. The van der Waals surface area contributed by atoms with E-state index >= 15 is 0 Å². The molecule has 1 fully saturated rings. The molecule has 2 N–H and O–H groups in total. The van der Waals surface area contributed by atoms with E-state index in [1.54, 1.807) is 6.92 Å². The molecular formula is C39H45N7O3. The summed E-state index contributed by atoms with van der Waals surface area (Å²) >= 11 is 0. The van der Waals surface area contributed by atoms with E-state index < -0.39 is 11.8 Å². The number of anilines is 3. The summed E-state index contributed by atoms with van der Waals surface area (Å²) in [5, 5.41) is 13.7. The normalized spacial score (nSPS) is 19.9. The molecule has 3 aromatic carbocycles. The van der Waals surface area contributed by atoms with Crippen LogP contribution in [0.25, 0.3) is 10.9 Å². The minimum Gasteiger partial charge on any atom is -0.362 e. The fourth-order valence-corrected chi connectivity index (χ4v) is 6.87. The summed E-state index contributed by atoms with van der Waals surface area (Å²) in [4.78, 5) is 53.2. The molecule has 49 heavy (non-hydrogen) atoms. The van der Waals surface area contributed by atoms with Crippen LogP contribution in [0.15, 0.2) is 84.0 Å². The van der Waals surface area contributed by atoms with Gasteiger partial charge in [0.15, 0.2) is 5.78 Å². The number of benzene rings is 3. The molecule has 0 spiro atoms. The number of nitrogens with one attached hydrogen (secondary N) is 2. The number of Topliss-reactive ketones (excluding diaryl/α,β-unsaturated/α-hetero) is 1. The van der Waals surface area contributed by atoms with E-state index in [-0.39, 0.29) is 36.1 Å². The van der Waals surface area contributed by atoms with Crippen LogP contribution < -0.4 is 20.5 Å². The number of amides is 2. The van der Waals surface area contributed by atoms with Crippen molar-refractivity contribution in [2.24, 2.45) is 16.9 Å². The summed E-state index contributed by atoms with van der Waals surface area (Å²) in [6, 6.07) is 24.8. The summed E-state index contributed by atoms with van der Waals surface area (Å²) in [6.07, 6.45) is 3.03. The number of nitrogens with zero attached hydrogens (tertiary/aromatic N) is 5. The topological polar surface area (TPSA) is 120 Å². The Morgan fingerprint density at radius 2 is 1.53 bits per heavy atom. The van der Waals surface area contributed by atoms with Crippen LogP contribution in [-0.4, -0.2) is 59.5 Å². The molecule has 0 radical (unpaired) electrons. The molecule has 0 saturated heterocycles. The quantitative estimate of drug-likeness (QED) is 0.175. The van der Waals surface area contributed by atoms with Crippen LogP contribution in [0.5, 0.6) is 0 Å². The molecule has 4 aromatic rings. The molecule has 1 aromatic heterocycles. The zero-order valence-electron chi connectivity index (χ0n) is 28.9. The van der Waals surface area contributed by atoms with Crippen LogP contribution >= 0.6 is 0 Å². The number of rotatable bonds is 11. The molecule has 2 unspecified atom stereocenters. The Hall–Kier alpha value is -5.12. The Morgan fingerprint density at radius 1 is 0.878 bits per heavy atom. The molecule has 0 bridgehead atoms. The van der Waals surface area contributed by atoms with E-state index in [1.807, 2.05) is 97.9 Å². The van der Waals surface area contributed by atoms with Crippen molar-refractivity contribution in [3.8, 4) is 0 Å². The van der Waals surface area contributed by atoms with Crippen molar-refractivity contribution in [3.63, 3.8) is 0 Å². The second-order valence-corrected chi connectivity index (χ2v) is 13.7. The lowest BCUT2D eigenvalue weighted by Crippen LogP contribution is -2.47. The molecule has 1 saturated carbocycles. The fourth-order valence-electron chi connectivity index (χ4n) is 6.87. The summed E-state index contributed by atoms with van der Waals surface area (Å²) in [7, 11) is 3.95. The van der Waals surface area contributed by atoms with Gasteiger partial charge >= 0.3 is 0 Å². The number of hydrazone groups is 1. The number of fused-ring (bicyclic) bond motifs is 1. The van der Waals surface area contributed by atoms with Crippen molar-refractivity contribution in [1.29, 1.82) is 0 Å². The Kier molecular flexibility index (Phi) is 10.0. The molecule has 1 aliphatic heterocycles. The van der Waals surface area contributed by atoms with Gasteiger partial charge in [0.1, 0.15) is 5.82 Å². The van der Waals surface area contributed by atoms with Gasteiger partial charge in [0.2, 0.25) is 11.9 Å². The van der Waals surface area contributed by atoms with Crippen LogP contribution in [0.1, 0.15) is 74.7 Å². The Labute approximate surface area is 288 Å². The van der Waals surface area contributed by atoms with Gasteiger partial charge in [0.25, 0.3) is 5.91 Å². The molecule has 2 atom stereocenters. The van der Waals surface area contributed by atoms with E-state index in [2.05, 4.69) is 29.6 Å². The van der Waals surface area contributed by atoms with Crippen LogP contribution in [0.3, 0.4) is 0 Å². The first-order valence-corrected chi connectivity index (χ1v) is 17.2. The monoisotopic (exact) mass is 659 g/mol. The Morgan fingerprint density at radius 3 is 2.20 bits per heavy atom. The maximum atomic E-state index is 14.1. The first-order chi connectivity index (χ1) is 23.6. The maximum absolute atomic E-state index is 14.1. The number of ketones is 1. The molecule has 1 aliphatic carbocycles. The van der Waals surface area contributed by atoms with Gasteiger partial charge in [-0.25, -0.2) is 9.99 Å². The van der Waals surface area contributed by atoms with Gasteiger partial charge in [-0.3, -0.25) is 14.4 Å². The van der Waals surface area contributed by atoms with Gasteiger partial charge in [-0.05, 0) is 68.4 Å². The van der Waals surface area contributed by atoms with Crippen LogP contribution in [0, 0.1) is 11.8 Å². The molecule has 2 aliphatic rings. The second kappa shape index (κ2) is 14.6. The standard InChI is InChI=1S/C39H45N7O3/c1-24(2)26-15-17-27(18-16-26)34(47)23-32(35-25(3)44-46(38(35)49)30-11-7-6-8-12-30)37(48)40-28-19-21-29(22-20-28)41-39-42-33-14-10-9-13-31(33)36(43-39)45(4)5/h6-18,24,28-29,32,35H,19-23H2,1-5H3,(H,40,48)(H,41,42,43)/t28-,29+,32?,35?. The number of hydrogen-bond acceptors (Lipinski definition) is 8. The van der Waals surface area contributed by atoms with Gasteiger partial charge in [-0.2, -0.15) is 10.1 Å². The Bertz CT molecular complexity index is 1850. The average molecular weight is 660 g/mol. The van der Waals surface area contributed by atoms with Crippen molar-refractivity contribution in [2.45, 2.75) is 70.9 Å². The van der Waals surface area contributed by atoms with Crippen molar-refractivity contribution < 1.29 is 14.4 Å². The summed E-state index contributed by atoms with van der Waals surface area (Å²) in [5.74, 6) is -0.713. The summed E-state index contributed by atoms with van der Waals surface area (Å²) in [5.41, 5.74) is 3.70. The average Bonchev–Trinajstić information content (AvgIpc) is 3.40. The third-order valence-electron chi connectivity index (χ3n) is 9.64. The lowest BCUT2D eigenvalue weighted by molar-refractivity contribution is -0.131. The predicted molar refractivity (Wildman–Crippen MR) is 195 cm³/mol. The highest BCUT2D eigenvalue weighted by atomic mass is 16.2. The van der Waals surface area contributed by atoms with E-state index in [0.717, 1.165) is 48.0 Å². The first-order valence-electron chi connectivity index (χ1n) is 17.2. The second-order valence-electron chi connectivity index (χ2n) is 13.7. The van der Waals surface area contributed by atoms with Crippen molar-refractivity contribution in [3.05, 3.63) is 90.0 Å². The number of hydrogen-bond donors (Lipinski definition) is 2. The maximum Gasteiger partial charge on any atom is 0.257 e. The molecule has 10 nitrogen and oxygen atoms in total. The highest BCUT2D eigenvalue weighted by Gasteiger charge is 2.44. The number of carbonyl (C=O) groups excluding carboxylic acids is 3. The molecule has 6 rings (SSSR count). The van der Waals surface area contributed by atoms with Gasteiger partial charge in [-0.15, -0.1) is 0 Å². The minimum atomic E-state index is -0.895. The van der Waals surface area contributed by atoms with E-state index in [1.165, 1.54) is 5.01 Å². The van der Waals surface area contributed by atoms with Gasteiger partial charge < -0.3 is 15.5 Å². The number of para-hydroxylation sites is 2. The Balaban J connectivity index is 1.15. The van der Waals surface area contributed by atoms with E-state index in [0.29, 0.717) is 28.8 Å². The van der Waals surface area contributed by atoms with Gasteiger partial charge in [0, 0.05) is 49.3 Å². The number of aromatic nitrogens is 2. The molecule has 2 heterocycles. The SMILES string of the molecule is CC1=NN(c2ccccc2)C(=O)C1C(CC(=O)c1ccc(C(C)C)cc1)C(=O)N[C@H]1CC[C@@H](Nc2nc(N(C)C)c3ccccc3n2)CC1. The summed E-state index contributed by atoms with van der Waals surface area (Å²) in [6.45, 7) is 5.97. The third kappa shape index (κ3) is 7.48. The lowest BCUT2D eigenvalue weighted by Gasteiger charge is -2.31. The highest BCUT2D eigenvalue weighted by molar-refractivity contribution is 6.17.